The molecule has 2 unspecified atom stereocenters. The summed E-state index contributed by atoms with van der Waals surface area (Å²) >= 11 is 0. The topological polar surface area (TPSA) is 73.5 Å². The molecule has 23 heavy (non-hydrogen) atoms. The fraction of sp³-hybridized carbons (Fsp3) is 0.333. The van der Waals surface area contributed by atoms with E-state index in [1.807, 2.05) is 0 Å². The molecule has 1 fully saturated rings. The number of amides is 2. The third-order valence-electron chi connectivity index (χ3n) is 3.83. The third-order valence-corrected chi connectivity index (χ3v) is 3.83. The summed E-state index contributed by atoms with van der Waals surface area (Å²) in [5, 5.41) is 6.86. The predicted molar refractivity (Wildman–Crippen MR) is 77.3 cm³/mol. The van der Waals surface area contributed by atoms with Gasteiger partial charge in [-0.2, -0.15) is 0 Å². The number of allylic oxidation sites excluding steroid dienone is 1. The van der Waals surface area contributed by atoms with Crippen molar-refractivity contribution in [3.63, 3.8) is 0 Å². The molecule has 2 aliphatic heterocycles. The first-order valence-electron chi connectivity index (χ1n) is 7.19. The number of nitrogens with zero attached hydrogens (tertiary/aromatic N) is 1. The Labute approximate surface area is 131 Å². The number of halogens is 2. The van der Waals surface area contributed by atoms with Gasteiger partial charge in [-0.1, -0.05) is 0 Å². The summed E-state index contributed by atoms with van der Waals surface area (Å²) in [5.41, 5.74) is 3.69. The summed E-state index contributed by atoms with van der Waals surface area (Å²) in [6.45, 7) is 1.63. The number of carbonyl (C=O) groups excluding carboxylic acids is 2. The van der Waals surface area contributed by atoms with E-state index in [1.54, 1.807) is 18.1 Å². The SMILES string of the molecule is CC1=CN2NC(C(=O)NCc3cc(F)ccc3F)CC2C(=O)N1. The second-order valence-corrected chi connectivity index (χ2v) is 5.60. The summed E-state index contributed by atoms with van der Waals surface area (Å²) in [5.74, 6) is -1.70. The van der Waals surface area contributed by atoms with Gasteiger partial charge >= 0.3 is 0 Å². The van der Waals surface area contributed by atoms with E-state index < -0.39 is 23.7 Å². The van der Waals surface area contributed by atoms with Crippen molar-refractivity contribution in [2.45, 2.75) is 32.0 Å². The third kappa shape index (κ3) is 3.16. The number of fused-ring (bicyclic) bond motifs is 1. The Balaban J connectivity index is 1.62. The van der Waals surface area contributed by atoms with Crippen LogP contribution in [0, 0.1) is 11.6 Å². The summed E-state index contributed by atoms with van der Waals surface area (Å²) < 4.78 is 26.6. The lowest BCUT2D eigenvalue weighted by molar-refractivity contribution is -0.125. The van der Waals surface area contributed by atoms with Gasteiger partial charge in [0.2, 0.25) is 11.8 Å². The fourth-order valence-electron chi connectivity index (χ4n) is 2.69. The number of hydrogen-bond donors (Lipinski definition) is 3. The van der Waals surface area contributed by atoms with E-state index in [9.17, 15) is 18.4 Å². The largest absolute Gasteiger partial charge is 0.350 e. The zero-order chi connectivity index (χ0) is 16.6. The lowest BCUT2D eigenvalue weighted by Gasteiger charge is -2.27. The summed E-state index contributed by atoms with van der Waals surface area (Å²) in [4.78, 5) is 24.0. The molecule has 2 amide bonds. The van der Waals surface area contributed by atoms with E-state index in [0.29, 0.717) is 12.1 Å². The van der Waals surface area contributed by atoms with Crippen molar-refractivity contribution in [1.29, 1.82) is 0 Å². The number of benzene rings is 1. The van der Waals surface area contributed by atoms with Gasteiger partial charge in [-0.25, -0.2) is 14.2 Å². The maximum absolute atomic E-state index is 13.5. The van der Waals surface area contributed by atoms with Crippen LogP contribution in [0.2, 0.25) is 0 Å². The zero-order valence-electron chi connectivity index (χ0n) is 12.4. The average Bonchev–Trinajstić information content (AvgIpc) is 2.92. The van der Waals surface area contributed by atoms with Gasteiger partial charge in [0.05, 0.1) is 0 Å². The van der Waals surface area contributed by atoms with E-state index in [2.05, 4.69) is 16.1 Å². The molecule has 6 nitrogen and oxygen atoms in total. The minimum atomic E-state index is -0.607. The normalized spacial score (nSPS) is 23.2. The first-order valence-corrected chi connectivity index (χ1v) is 7.19. The van der Waals surface area contributed by atoms with E-state index in [0.717, 1.165) is 18.2 Å². The first kappa shape index (κ1) is 15.4. The van der Waals surface area contributed by atoms with Crippen LogP contribution in [-0.2, 0) is 16.1 Å². The van der Waals surface area contributed by atoms with Gasteiger partial charge in [-0.15, -0.1) is 0 Å². The van der Waals surface area contributed by atoms with Gasteiger partial charge in [0.25, 0.3) is 0 Å². The smallest absolute Gasteiger partial charge is 0.248 e. The number of hydrogen-bond acceptors (Lipinski definition) is 4. The Kier molecular flexibility index (Phi) is 3.99. The molecule has 0 saturated carbocycles. The fourth-order valence-corrected chi connectivity index (χ4v) is 2.69. The van der Waals surface area contributed by atoms with Gasteiger partial charge in [-0.05, 0) is 25.1 Å². The molecule has 1 aromatic rings. The quantitative estimate of drug-likeness (QED) is 0.759. The van der Waals surface area contributed by atoms with Crippen molar-refractivity contribution in [3.05, 3.63) is 47.3 Å². The summed E-state index contributed by atoms with van der Waals surface area (Å²) in [7, 11) is 0. The van der Waals surface area contributed by atoms with Gasteiger partial charge in [0, 0.05) is 30.4 Å². The maximum Gasteiger partial charge on any atom is 0.248 e. The molecule has 0 aliphatic carbocycles. The summed E-state index contributed by atoms with van der Waals surface area (Å²) in [6.07, 6.45) is 2.01. The summed E-state index contributed by atoms with van der Waals surface area (Å²) in [6, 6.07) is 2.01. The molecule has 2 atom stereocenters. The molecule has 1 aromatic carbocycles. The lowest BCUT2D eigenvalue weighted by Crippen LogP contribution is -2.49. The zero-order valence-corrected chi connectivity index (χ0v) is 12.4. The Morgan fingerprint density at radius 3 is 3.00 bits per heavy atom. The maximum atomic E-state index is 13.5. The van der Waals surface area contributed by atoms with Gasteiger partial charge in [0.1, 0.15) is 23.7 Å². The average molecular weight is 322 g/mol. The van der Waals surface area contributed by atoms with Gasteiger partial charge in [-0.3, -0.25) is 9.59 Å². The molecule has 1 saturated heterocycles. The van der Waals surface area contributed by atoms with Crippen molar-refractivity contribution >= 4 is 11.8 Å². The van der Waals surface area contributed by atoms with Crippen LogP contribution in [0.15, 0.2) is 30.1 Å². The highest BCUT2D eigenvalue weighted by Crippen LogP contribution is 2.20. The van der Waals surface area contributed by atoms with Gasteiger partial charge in [0.15, 0.2) is 0 Å². The minimum absolute atomic E-state index is 0.0718. The molecule has 0 radical (unpaired) electrons. The van der Waals surface area contributed by atoms with Crippen LogP contribution >= 0.6 is 0 Å². The Morgan fingerprint density at radius 1 is 1.43 bits per heavy atom. The number of rotatable bonds is 3. The van der Waals surface area contributed by atoms with E-state index in [4.69, 9.17) is 0 Å². The molecule has 2 aliphatic rings. The Morgan fingerprint density at radius 2 is 2.22 bits per heavy atom. The van der Waals surface area contributed by atoms with Crippen LogP contribution < -0.4 is 16.1 Å². The molecule has 122 valence electrons. The van der Waals surface area contributed by atoms with Crippen LogP contribution in [0.1, 0.15) is 18.9 Å². The van der Waals surface area contributed by atoms with E-state index in [1.165, 1.54) is 0 Å². The van der Waals surface area contributed by atoms with Gasteiger partial charge < -0.3 is 15.6 Å². The molecule has 0 aromatic heterocycles. The van der Waals surface area contributed by atoms with Crippen molar-refractivity contribution in [2.75, 3.05) is 0 Å². The van der Waals surface area contributed by atoms with E-state index in [-0.39, 0.29) is 23.9 Å². The standard InChI is InChI=1S/C15H16F2N4O2/c1-8-7-21-13(15(23)19-8)5-12(20-21)14(22)18-6-9-4-10(16)2-3-11(9)17/h2-4,7,12-13,20H,5-6H2,1H3,(H,18,22)(H,19,23). The molecular formula is C15H16F2N4O2. The van der Waals surface area contributed by atoms with Crippen LogP contribution in [0.25, 0.3) is 0 Å². The van der Waals surface area contributed by atoms with Crippen LogP contribution in [0.5, 0.6) is 0 Å². The van der Waals surface area contributed by atoms with Crippen molar-refractivity contribution < 1.29 is 18.4 Å². The van der Waals surface area contributed by atoms with Crippen molar-refractivity contribution in [3.8, 4) is 0 Å². The molecule has 2 heterocycles. The number of hydrazine groups is 1. The molecule has 3 rings (SSSR count). The Bertz CT molecular complexity index is 692. The van der Waals surface area contributed by atoms with Crippen LogP contribution in [0.4, 0.5) is 8.78 Å². The number of carbonyl (C=O) groups is 2. The highest BCUT2D eigenvalue weighted by Gasteiger charge is 2.40. The molecule has 0 spiro atoms. The minimum Gasteiger partial charge on any atom is -0.350 e. The van der Waals surface area contributed by atoms with E-state index >= 15 is 0 Å². The highest BCUT2D eigenvalue weighted by molar-refractivity contribution is 5.88. The molecule has 3 N–H and O–H groups in total. The first-order chi connectivity index (χ1) is 10.9. The predicted octanol–water partition coefficient (Wildman–Crippen LogP) is 0.520. The number of nitrogens with one attached hydrogen (secondary N) is 3. The highest BCUT2D eigenvalue weighted by atomic mass is 19.1. The Hall–Kier alpha value is -2.48. The van der Waals surface area contributed by atoms with Crippen molar-refractivity contribution in [1.82, 2.24) is 21.1 Å². The molecule has 0 bridgehead atoms. The molecular weight excluding hydrogens is 306 g/mol. The second kappa shape index (κ2) is 5.96. The second-order valence-electron chi connectivity index (χ2n) is 5.60. The van der Waals surface area contributed by atoms with Crippen LogP contribution in [0.3, 0.4) is 0 Å². The lowest BCUT2D eigenvalue weighted by atomic mass is 10.1. The monoisotopic (exact) mass is 322 g/mol. The molecule has 8 heteroatoms. The van der Waals surface area contributed by atoms with Crippen molar-refractivity contribution in [2.24, 2.45) is 0 Å². The van der Waals surface area contributed by atoms with Crippen LogP contribution in [-0.4, -0.2) is 28.9 Å².